The molecule has 19 heavy (non-hydrogen) atoms. The van der Waals surface area contributed by atoms with Crippen molar-refractivity contribution < 1.29 is 4.79 Å². The van der Waals surface area contributed by atoms with Crippen molar-refractivity contribution in [1.29, 1.82) is 0 Å². The number of nitrogens with zero attached hydrogens (tertiary/aromatic N) is 4. The number of nitrogens with one attached hydrogen (secondary N) is 1. The highest BCUT2D eigenvalue weighted by Gasteiger charge is 2.18. The number of aromatic nitrogens is 2. The number of carbonyl (C=O) groups is 1. The highest BCUT2D eigenvalue weighted by molar-refractivity contribution is 5.78. The van der Waals surface area contributed by atoms with Gasteiger partial charge in [-0.3, -0.25) is 9.48 Å². The van der Waals surface area contributed by atoms with E-state index in [1.807, 2.05) is 24.2 Å². The van der Waals surface area contributed by atoms with Gasteiger partial charge in [-0.1, -0.05) is 0 Å². The molecule has 1 aliphatic heterocycles. The number of likely N-dealkylation sites (N-methyl/N-ethyl adjacent to an activating group) is 1. The van der Waals surface area contributed by atoms with E-state index in [0.29, 0.717) is 6.54 Å². The van der Waals surface area contributed by atoms with Crippen LogP contribution in [0.1, 0.15) is 5.69 Å². The first-order chi connectivity index (χ1) is 9.15. The molecule has 0 aromatic carbocycles. The minimum atomic E-state index is 0.203. The molecule has 1 fully saturated rings. The number of aryl methyl sites for hydroxylation is 1. The summed E-state index contributed by atoms with van der Waals surface area (Å²) < 4.78 is 1.80. The standard InChI is InChI=1S/C13H23N5O/c1-16-7-9-18(10-8-16)13(19)11-14-5-3-12-4-6-17(2)15-12/h4,6,14H,3,5,7-11H2,1-2H3. The Balaban J connectivity index is 1.61. The summed E-state index contributed by atoms with van der Waals surface area (Å²) >= 11 is 0. The van der Waals surface area contributed by atoms with Crippen molar-refractivity contribution >= 4 is 5.91 Å². The van der Waals surface area contributed by atoms with Gasteiger partial charge in [-0.15, -0.1) is 0 Å². The van der Waals surface area contributed by atoms with Gasteiger partial charge in [0, 0.05) is 52.4 Å². The van der Waals surface area contributed by atoms with Crippen molar-refractivity contribution in [1.82, 2.24) is 24.9 Å². The number of hydrogen-bond acceptors (Lipinski definition) is 4. The molecule has 1 aliphatic rings. The van der Waals surface area contributed by atoms with Crippen LogP contribution < -0.4 is 5.32 Å². The molecule has 1 amide bonds. The third-order valence-electron chi connectivity index (χ3n) is 3.46. The van der Waals surface area contributed by atoms with E-state index < -0.39 is 0 Å². The molecular formula is C13H23N5O. The quantitative estimate of drug-likeness (QED) is 0.717. The molecule has 0 atom stereocenters. The summed E-state index contributed by atoms with van der Waals surface area (Å²) in [6.07, 6.45) is 2.79. The molecule has 2 rings (SSSR count). The largest absolute Gasteiger partial charge is 0.339 e. The van der Waals surface area contributed by atoms with Crippen molar-refractivity contribution in [2.24, 2.45) is 7.05 Å². The lowest BCUT2D eigenvalue weighted by atomic mass is 10.3. The second-order valence-electron chi connectivity index (χ2n) is 5.09. The average Bonchev–Trinajstić information content (AvgIpc) is 2.81. The third-order valence-corrected chi connectivity index (χ3v) is 3.46. The maximum absolute atomic E-state index is 11.9. The number of carbonyl (C=O) groups excluding carboxylic acids is 1. The molecule has 6 heteroatoms. The summed E-state index contributed by atoms with van der Waals surface area (Å²) in [6.45, 7) is 4.85. The van der Waals surface area contributed by atoms with Crippen LogP contribution in [0.15, 0.2) is 12.3 Å². The van der Waals surface area contributed by atoms with Gasteiger partial charge in [0.1, 0.15) is 0 Å². The minimum Gasteiger partial charge on any atom is -0.339 e. The van der Waals surface area contributed by atoms with Crippen LogP contribution in [0.4, 0.5) is 0 Å². The predicted molar refractivity (Wildman–Crippen MR) is 73.9 cm³/mol. The molecule has 0 unspecified atom stereocenters. The lowest BCUT2D eigenvalue weighted by Gasteiger charge is -2.32. The van der Waals surface area contributed by atoms with E-state index in [2.05, 4.69) is 22.4 Å². The van der Waals surface area contributed by atoms with Gasteiger partial charge in [0.2, 0.25) is 5.91 Å². The summed E-state index contributed by atoms with van der Waals surface area (Å²) in [4.78, 5) is 16.1. The van der Waals surface area contributed by atoms with Gasteiger partial charge in [-0.05, 0) is 13.1 Å². The van der Waals surface area contributed by atoms with Gasteiger partial charge in [0.05, 0.1) is 12.2 Å². The predicted octanol–water partition coefficient (Wildman–Crippen LogP) is -0.674. The second-order valence-corrected chi connectivity index (χ2v) is 5.09. The van der Waals surface area contributed by atoms with Crippen molar-refractivity contribution in [2.75, 3.05) is 46.3 Å². The summed E-state index contributed by atoms with van der Waals surface area (Å²) in [5.41, 5.74) is 1.06. The fourth-order valence-electron chi connectivity index (χ4n) is 2.18. The molecule has 0 aliphatic carbocycles. The molecule has 6 nitrogen and oxygen atoms in total. The lowest BCUT2D eigenvalue weighted by molar-refractivity contribution is -0.131. The first kappa shape index (κ1) is 14.0. The van der Waals surface area contributed by atoms with Crippen molar-refractivity contribution in [3.63, 3.8) is 0 Å². The van der Waals surface area contributed by atoms with Crippen LogP contribution in [0.2, 0.25) is 0 Å². The minimum absolute atomic E-state index is 0.203. The molecule has 0 radical (unpaired) electrons. The fourth-order valence-corrected chi connectivity index (χ4v) is 2.18. The highest BCUT2D eigenvalue weighted by Crippen LogP contribution is 1.99. The Morgan fingerprint density at radius 3 is 2.68 bits per heavy atom. The van der Waals surface area contributed by atoms with Crippen molar-refractivity contribution in [3.8, 4) is 0 Å². The monoisotopic (exact) mass is 265 g/mol. The molecular weight excluding hydrogens is 242 g/mol. The molecule has 1 saturated heterocycles. The molecule has 1 N–H and O–H groups in total. The summed E-state index contributed by atoms with van der Waals surface area (Å²) in [5, 5.41) is 7.50. The van der Waals surface area contributed by atoms with Crippen molar-refractivity contribution in [3.05, 3.63) is 18.0 Å². The molecule has 1 aromatic rings. The molecule has 0 spiro atoms. The van der Waals surface area contributed by atoms with Crippen LogP contribution >= 0.6 is 0 Å². The Bertz CT molecular complexity index is 409. The van der Waals surface area contributed by atoms with Gasteiger partial charge in [0.15, 0.2) is 0 Å². The Labute approximate surface area is 114 Å². The summed E-state index contributed by atoms with van der Waals surface area (Å²) in [7, 11) is 4.00. The maximum Gasteiger partial charge on any atom is 0.236 e. The molecule has 1 aromatic heterocycles. The third kappa shape index (κ3) is 4.33. The Hall–Kier alpha value is -1.40. The SMILES string of the molecule is CN1CCN(C(=O)CNCCc2ccn(C)n2)CC1. The number of amides is 1. The van der Waals surface area contributed by atoms with Crippen LogP contribution in [0.25, 0.3) is 0 Å². The maximum atomic E-state index is 11.9. The van der Waals surface area contributed by atoms with Crippen LogP contribution in [0.3, 0.4) is 0 Å². The number of rotatable bonds is 5. The van der Waals surface area contributed by atoms with Crippen LogP contribution in [-0.2, 0) is 18.3 Å². The van der Waals surface area contributed by atoms with Gasteiger partial charge in [-0.25, -0.2) is 0 Å². The summed E-state index contributed by atoms with van der Waals surface area (Å²) in [5.74, 6) is 0.203. The van der Waals surface area contributed by atoms with Crippen LogP contribution in [-0.4, -0.2) is 71.8 Å². The van der Waals surface area contributed by atoms with E-state index >= 15 is 0 Å². The smallest absolute Gasteiger partial charge is 0.236 e. The van der Waals surface area contributed by atoms with Gasteiger partial charge in [0.25, 0.3) is 0 Å². The first-order valence-corrected chi connectivity index (χ1v) is 6.81. The first-order valence-electron chi connectivity index (χ1n) is 6.81. The Kier molecular flexibility index (Phi) is 4.93. The van der Waals surface area contributed by atoms with Crippen LogP contribution in [0.5, 0.6) is 0 Å². The molecule has 0 saturated carbocycles. The van der Waals surface area contributed by atoms with E-state index in [1.165, 1.54) is 0 Å². The number of hydrogen-bond donors (Lipinski definition) is 1. The summed E-state index contributed by atoms with van der Waals surface area (Å²) in [6, 6.07) is 2.00. The highest BCUT2D eigenvalue weighted by atomic mass is 16.2. The van der Waals surface area contributed by atoms with Crippen molar-refractivity contribution in [2.45, 2.75) is 6.42 Å². The van der Waals surface area contributed by atoms with E-state index in [4.69, 9.17) is 0 Å². The van der Waals surface area contributed by atoms with E-state index in [1.54, 1.807) is 4.68 Å². The van der Waals surface area contributed by atoms with Gasteiger partial charge < -0.3 is 15.1 Å². The zero-order valence-corrected chi connectivity index (χ0v) is 11.8. The topological polar surface area (TPSA) is 53.4 Å². The zero-order valence-electron chi connectivity index (χ0n) is 11.8. The van der Waals surface area contributed by atoms with E-state index in [-0.39, 0.29) is 5.91 Å². The fraction of sp³-hybridized carbons (Fsp3) is 0.692. The van der Waals surface area contributed by atoms with E-state index in [0.717, 1.165) is 44.8 Å². The second kappa shape index (κ2) is 6.68. The lowest BCUT2D eigenvalue weighted by Crippen LogP contribution is -2.49. The Morgan fingerprint density at radius 1 is 1.32 bits per heavy atom. The van der Waals surface area contributed by atoms with Gasteiger partial charge >= 0.3 is 0 Å². The van der Waals surface area contributed by atoms with Gasteiger partial charge in [-0.2, -0.15) is 5.10 Å². The molecule has 106 valence electrons. The molecule has 0 bridgehead atoms. The average molecular weight is 265 g/mol. The molecule has 2 heterocycles. The van der Waals surface area contributed by atoms with Crippen LogP contribution in [0, 0.1) is 0 Å². The zero-order chi connectivity index (χ0) is 13.7. The number of piperazine rings is 1. The Morgan fingerprint density at radius 2 is 2.05 bits per heavy atom. The van der Waals surface area contributed by atoms with E-state index in [9.17, 15) is 4.79 Å². The normalized spacial score (nSPS) is 16.8.